The van der Waals surface area contributed by atoms with Gasteiger partial charge < -0.3 is 19.4 Å². The van der Waals surface area contributed by atoms with Crippen LogP contribution < -0.4 is 5.32 Å². The van der Waals surface area contributed by atoms with E-state index in [9.17, 15) is 14.3 Å². The molecule has 0 fully saturated rings. The Hall–Kier alpha value is -0.500. The third-order valence-electron chi connectivity index (χ3n) is 6.83. The largest absolute Gasteiger partial charge is 0.472 e. The van der Waals surface area contributed by atoms with Crippen molar-refractivity contribution in [2.24, 2.45) is 0 Å². The first-order valence-electron chi connectivity index (χ1n) is 15.9. The van der Waals surface area contributed by atoms with Gasteiger partial charge in [0.1, 0.15) is 13.2 Å². The molecule has 0 aliphatic rings. The quantitative estimate of drug-likeness (QED) is 0.0545. The summed E-state index contributed by atoms with van der Waals surface area (Å²) in [5.74, 6) is -0.00926. The third kappa shape index (κ3) is 28.8. The van der Waals surface area contributed by atoms with Gasteiger partial charge >= 0.3 is 7.82 Å². The monoisotopic (exact) mass is 579 g/mol. The van der Waals surface area contributed by atoms with Crippen molar-refractivity contribution in [1.82, 2.24) is 5.32 Å². The van der Waals surface area contributed by atoms with Crippen molar-refractivity contribution in [3.8, 4) is 0 Å². The molecule has 1 amide bonds. The van der Waals surface area contributed by atoms with Gasteiger partial charge in [0, 0.05) is 19.6 Å². The van der Waals surface area contributed by atoms with Gasteiger partial charge in [-0.3, -0.25) is 13.8 Å². The summed E-state index contributed by atoms with van der Waals surface area (Å²) in [6.07, 6.45) is 20.5. The fraction of sp³-hybridized carbons (Fsp3) is 0.967. The Kier molecular flexibility index (Phi) is 24.9. The van der Waals surface area contributed by atoms with Crippen LogP contribution in [0.2, 0.25) is 0 Å². The first-order valence-corrected chi connectivity index (χ1v) is 17.4. The zero-order valence-electron chi connectivity index (χ0n) is 26.2. The van der Waals surface area contributed by atoms with Crippen molar-refractivity contribution in [3.63, 3.8) is 0 Å². The lowest BCUT2D eigenvalue weighted by molar-refractivity contribution is -0.870. The number of rotatable bonds is 29. The van der Waals surface area contributed by atoms with Crippen LogP contribution in [-0.4, -0.2) is 75.4 Å². The molecule has 0 spiro atoms. The number of carbonyl (C=O) groups excluding carboxylic acids is 1. The SMILES string of the molecule is CCCCCCCCCCCC(=O)NCC(COP(=O)(O)OCC[N+](C)(C)C)OCCCCCCCCCC. The van der Waals surface area contributed by atoms with Crippen LogP contribution in [0, 0.1) is 0 Å². The predicted molar refractivity (Wildman–Crippen MR) is 162 cm³/mol. The Morgan fingerprint density at radius 1 is 0.744 bits per heavy atom. The minimum absolute atomic E-state index is 0.00926. The molecule has 0 saturated carbocycles. The number of quaternary nitrogens is 1. The molecule has 0 aliphatic heterocycles. The molecule has 0 bridgehead atoms. The zero-order valence-corrected chi connectivity index (χ0v) is 27.1. The Labute approximate surface area is 241 Å². The van der Waals surface area contributed by atoms with Crippen LogP contribution >= 0.6 is 7.82 Å². The van der Waals surface area contributed by atoms with E-state index in [0.29, 0.717) is 24.1 Å². The second-order valence-electron chi connectivity index (χ2n) is 12.0. The minimum atomic E-state index is -4.18. The molecule has 0 aliphatic carbocycles. The van der Waals surface area contributed by atoms with Gasteiger partial charge in [-0.1, -0.05) is 110 Å². The van der Waals surface area contributed by atoms with Crippen molar-refractivity contribution < 1.29 is 32.5 Å². The van der Waals surface area contributed by atoms with Gasteiger partial charge in [0.25, 0.3) is 0 Å². The summed E-state index contributed by atoms with van der Waals surface area (Å²) in [6.45, 7) is 5.86. The molecule has 9 heteroatoms. The number of nitrogens with one attached hydrogen (secondary N) is 1. The summed E-state index contributed by atoms with van der Waals surface area (Å²) in [5, 5.41) is 2.93. The number of phosphoric ester groups is 1. The summed E-state index contributed by atoms with van der Waals surface area (Å²) in [4.78, 5) is 22.5. The van der Waals surface area contributed by atoms with Crippen molar-refractivity contribution in [2.45, 2.75) is 136 Å². The highest BCUT2D eigenvalue weighted by Gasteiger charge is 2.25. The number of unbranched alkanes of at least 4 members (excludes halogenated alkanes) is 15. The number of nitrogens with zero attached hydrogens (tertiary/aromatic N) is 1. The summed E-state index contributed by atoms with van der Waals surface area (Å²) in [7, 11) is 1.77. The first-order chi connectivity index (χ1) is 18.6. The van der Waals surface area contributed by atoms with E-state index in [0.717, 1.165) is 25.7 Å². The highest BCUT2D eigenvalue weighted by molar-refractivity contribution is 7.47. The number of ether oxygens (including phenoxy) is 1. The van der Waals surface area contributed by atoms with Gasteiger partial charge in [0.05, 0.1) is 33.9 Å². The standard InChI is InChI=1S/C30H63N2O6P/c1-6-8-10-12-14-16-17-19-21-23-30(33)31-27-29(36-25-22-20-18-15-13-11-9-7-2)28-38-39(34,35)37-26-24-32(3,4)5/h29H,6-28H2,1-5H3,(H-,31,33,34,35)/p+1. The summed E-state index contributed by atoms with van der Waals surface area (Å²) in [6, 6.07) is 0. The maximum atomic E-state index is 12.4. The maximum Gasteiger partial charge on any atom is 0.472 e. The lowest BCUT2D eigenvalue weighted by Gasteiger charge is -2.24. The number of phosphoric acid groups is 1. The summed E-state index contributed by atoms with van der Waals surface area (Å²) in [5.41, 5.74) is 0. The number of likely N-dealkylation sites (N-methyl/N-ethyl adjacent to an activating group) is 1. The number of carbonyl (C=O) groups is 1. The molecular weight excluding hydrogens is 515 g/mol. The van der Waals surface area contributed by atoms with E-state index in [-0.39, 0.29) is 25.7 Å². The second-order valence-corrected chi connectivity index (χ2v) is 13.4. The van der Waals surface area contributed by atoms with Crippen LogP contribution in [0.25, 0.3) is 0 Å². The van der Waals surface area contributed by atoms with Gasteiger partial charge in [0.15, 0.2) is 0 Å². The average Bonchev–Trinajstić information content (AvgIpc) is 2.87. The van der Waals surface area contributed by atoms with Gasteiger partial charge in [-0.05, 0) is 12.8 Å². The molecule has 234 valence electrons. The third-order valence-corrected chi connectivity index (χ3v) is 7.81. The van der Waals surface area contributed by atoms with E-state index >= 15 is 0 Å². The predicted octanol–water partition coefficient (Wildman–Crippen LogP) is 7.39. The topological polar surface area (TPSA) is 94.1 Å². The normalized spacial score (nSPS) is 14.3. The van der Waals surface area contributed by atoms with Crippen LogP contribution in [0.3, 0.4) is 0 Å². The van der Waals surface area contributed by atoms with E-state index in [1.165, 1.54) is 83.5 Å². The van der Waals surface area contributed by atoms with Crippen molar-refractivity contribution in [1.29, 1.82) is 0 Å². The molecule has 2 N–H and O–H groups in total. The molecule has 0 aromatic rings. The first kappa shape index (κ1) is 38.5. The van der Waals surface area contributed by atoms with Crippen LogP contribution in [0.15, 0.2) is 0 Å². The molecule has 0 heterocycles. The van der Waals surface area contributed by atoms with Crippen LogP contribution in [0.1, 0.15) is 129 Å². The Bertz CT molecular complexity index is 615. The number of hydrogen-bond donors (Lipinski definition) is 2. The molecule has 0 rings (SSSR count). The van der Waals surface area contributed by atoms with Gasteiger partial charge in [0.2, 0.25) is 5.91 Å². The van der Waals surface area contributed by atoms with Crippen molar-refractivity contribution >= 4 is 13.7 Å². The molecule has 0 aromatic carbocycles. The molecule has 2 atom stereocenters. The van der Waals surface area contributed by atoms with E-state index in [1.807, 2.05) is 21.1 Å². The number of hydrogen-bond acceptors (Lipinski definition) is 5. The Balaban J connectivity index is 4.35. The molecule has 39 heavy (non-hydrogen) atoms. The molecular formula is C30H64N2O6P+. The molecule has 0 saturated heterocycles. The van der Waals surface area contributed by atoms with E-state index in [1.54, 1.807) is 0 Å². The summed E-state index contributed by atoms with van der Waals surface area (Å²) < 4.78 is 29.3. The van der Waals surface area contributed by atoms with E-state index < -0.39 is 13.9 Å². The fourth-order valence-electron chi connectivity index (χ4n) is 4.21. The molecule has 0 radical (unpaired) electrons. The lowest BCUT2D eigenvalue weighted by atomic mass is 10.1. The average molecular weight is 580 g/mol. The Morgan fingerprint density at radius 3 is 1.74 bits per heavy atom. The zero-order chi connectivity index (χ0) is 29.2. The summed E-state index contributed by atoms with van der Waals surface area (Å²) >= 11 is 0. The molecule has 0 aromatic heterocycles. The molecule has 2 unspecified atom stereocenters. The highest BCUT2D eigenvalue weighted by Crippen LogP contribution is 2.43. The van der Waals surface area contributed by atoms with E-state index in [2.05, 4.69) is 19.2 Å². The van der Waals surface area contributed by atoms with Crippen molar-refractivity contribution in [2.75, 3.05) is 54.1 Å². The molecule has 8 nitrogen and oxygen atoms in total. The lowest BCUT2D eigenvalue weighted by Crippen LogP contribution is -2.37. The van der Waals surface area contributed by atoms with E-state index in [4.69, 9.17) is 13.8 Å². The minimum Gasteiger partial charge on any atom is -0.374 e. The van der Waals surface area contributed by atoms with Crippen LogP contribution in [0.4, 0.5) is 0 Å². The van der Waals surface area contributed by atoms with Crippen LogP contribution in [0.5, 0.6) is 0 Å². The van der Waals surface area contributed by atoms with Crippen LogP contribution in [-0.2, 0) is 23.1 Å². The highest BCUT2D eigenvalue weighted by atomic mass is 31.2. The second kappa shape index (κ2) is 25.2. The maximum absolute atomic E-state index is 12.4. The fourth-order valence-corrected chi connectivity index (χ4v) is 4.95. The van der Waals surface area contributed by atoms with Crippen molar-refractivity contribution in [3.05, 3.63) is 0 Å². The number of amides is 1. The Morgan fingerprint density at radius 2 is 1.23 bits per heavy atom. The smallest absolute Gasteiger partial charge is 0.374 e. The van der Waals surface area contributed by atoms with Gasteiger partial charge in [-0.15, -0.1) is 0 Å². The van der Waals surface area contributed by atoms with Gasteiger partial charge in [-0.2, -0.15) is 0 Å². The van der Waals surface area contributed by atoms with Gasteiger partial charge in [-0.25, -0.2) is 4.57 Å².